The molecule has 0 atom stereocenters. The molecular weight excluding hydrogens is 332 g/mol. The topological polar surface area (TPSA) is 76.4 Å². The minimum Gasteiger partial charge on any atom is -0.468 e. The summed E-state index contributed by atoms with van der Waals surface area (Å²) in [7, 11) is 0. The minimum absolute atomic E-state index is 0.00421. The Morgan fingerprint density at radius 1 is 1.15 bits per heavy atom. The fourth-order valence-corrected chi connectivity index (χ4v) is 3.56. The van der Waals surface area contributed by atoms with Crippen molar-refractivity contribution in [1.82, 2.24) is 19.8 Å². The molecule has 136 valence electrons. The summed E-state index contributed by atoms with van der Waals surface area (Å²) in [6.07, 6.45) is 10.1. The van der Waals surface area contributed by atoms with Crippen LogP contribution in [0.1, 0.15) is 24.4 Å². The van der Waals surface area contributed by atoms with Crippen LogP contribution in [-0.2, 0) is 23.4 Å². The van der Waals surface area contributed by atoms with Crippen molar-refractivity contribution in [3.8, 4) is 0 Å². The second-order valence-corrected chi connectivity index (χ2v) is 6.62. The number of amides is 1. The standard InChI is InChI=1S/C19H22N4O3/c24-18(21-13-16-3-1-11-25-16)19(23-10-7-20-15-23)5-8-22(9-6-19)14-17-4-2-12-26-17/h1-4,7,10-12,15H,5-6,8-9,13-14H2,(H,21,24). The van der Waals surface area contributed by atoms with E-state index in [1.165, 1.54) is 0 Å². The molecule has 0 saturated carbocycles. The molecule has 4 rings (SSSR count). The van der Waals surface area contributed by atoms with Crippen molar-refractivity contribution >= 4 is 5.91 Å². The summed E-state index contributed by atoms with van der Waals surface area (Å²) in [6.45, 7) is 2.78. The molecule has 0 unspecified atom stereocenters. The highest BCUT2D eigenvalue weighted by Gasteiger charge is 2.42. The van der Waals surface area contributed by atoms with E-state index in [1.54, 1.807) is 25.1 Å². The Kier molecular flexibility index (Phi) is 4.62. The van der Waals surface area contributed by atoms with Gasteiger partial charge in [-0.15, -0.1) is 0 Å². The molecule has 1 aliphatic rings. The van der Waals surface area contributed by atoms with Crippen LogP contribution in [0.15, 0.2) is 64.3 Å². The fourth-order valence-electron chi connectivity index (χ4n) is 3.56. The first kappa shape index (κ1) is 16.7. The number of piperidine rings is 1. The van der Waals surface area contributed by atoms with Crippen LogP contribution < -0.4 is 5.32 Å². The van der Waals surface area contributed by atoms with Gasteiger partial charge in [0.25, 0.3) is 0 Å². The number of nitrogens with zero attached hydrogens (tertiary/aromatic N) is 3. The number of carbonyl (C=O) groups excluding carboxylic acids is 1. The van der Waals surface area contributed by atoms with Gasteiger partial charge in [0.05, 0.1) is 31.9 Å². The molecule has 7 heteroatoms. The molecule has 26 heavy (non-hydrogen) atoms. The van der Waals surface area contributed by atoms with Crippen LogP contribution in [0.25, 0.3) is 0 Å². The summed E-state index contributed by atoms with van der Waals surface area (Å²) in [5.74, 6) is 1.70. The Balaban J connectivity index is 1.46. The van der Waals surface area contributed by atoms with Crippen LogP contribution in [0.4, 0.5) is 0 Å². The lowest BCUT2D eigenvalue weighted by atomic mass is 9.86. The van der Waals surface area contributed by atoms with Crippen LogP contribution in [0, 0.1) is 0 Å². The number of imidazole rings is 1. The van der Waals surface area contributed by atoms with Crippen LogP contribution in [0.5, 0.6) is 0 Å². The number of hydrogen-bond donors (Lipinski definition) is 1. The number of hydrogen-bond acceptors (Lipinski definition) is 5. The number of likely N-dealkylation sites (tertiary alicyclic amines) is 1. The van der Waals surface area contributed by atoms with Gasteiger partial charge in [0.1, 0.15) is 17.1 Å². The number of nitrogens with one attached hydrogen (secondary N) is 1. The molecule has 0 bridgehead atoms. The van der Waals surface area contributed by atoms with Gasteiger partial charge in [-0.1, -0.05) is 0 Å². The van der Waals surface area contributed by atoms with Crippen molar-refractivity contribution in [2.24, 2.45) is 0 Å². The van der Waals surface area contributed by atoms with Gasteiger partial charge in [-0.2, -0.15) is 0 Å². The molecule has 4 heterocycles. The maximum Gasteiger partial charge on any atom is 0.246 e. The Labute approximate surface area is 151 Å². The zero-order chi connectivity index (χ0) is 17.8. The van der Waals surface area contributed by atoms with Gasteiger partial charge >= 0.3 is 0 Å². The van der Waals surface area contributed by atoms with Gasteiger partial charge in [-0.3, -0.25) is 9.69 Å². The van der Waals surface area contributed by atoms with Crippen LogP contribution in [0.3, 0.4) is 0 Å². The van der Waals surface area contributed by atoms with Gasteiger partial charge in [0.2, 0.25) is 5.91 Å². The van der Waals surface area contributed by atoms with Crippen LogP contribution in [-0.4, -0.2) is 33.4 Å². The van der Waals surface area contributed by atoms with E-state index in [0.717, 1.165) is 31.2 Å². The molecule has 0 spiro atoms. The van der Waals surface area contributed by atoms with Gasteiger partial charge in [-0.25, -0.2) is 4.98 Å². The minimum atomic E-state index is -0.622. The van der Waals surface area contributed by atoms with E-state index in [1.807, 2.05) is 35.0 Å². The van der Waals surface area contributed by atoms with Crippen molar-refractivity contribution in [3.05, 3.63) is 67.0 Å². The Morgan fingerprint density at radius 3 is 2.50 bits per heavy atom. The third-order valence-electron chi connectivity index (χ3n) is 5.07. The maximum absolute atomic E-state index is 13.1. The largest absolute Gasteiger partial charge is 0.468 e. The first-order valence-electron chi connectivity index (χ1n) is 8.80. The zero-order valence-corrected chi connectivity index (χ0v) is 14.5. The van der Waals surface area contributed by atoms with E-state index < -0.39 is 5.54 Å². The van der Waals surface area contributed by atoms with E-state index in [-0.39, 0.29) is 5.91 Å². The van der Waals surface area contributed by atoms with E-state index >= 15 is 0 Å². The quantitative estimate of drug-likeness (QED) is 0.735. The predicted octanol–water partition coefficient (Wildman–Crippen LogP) is 2.38. The average Bonchev–Trinajstić information content (AvgIpc) is 3.43. The second kappa shape index (κ2) is 7.21. The number of carbonyl (C=O) groups is 1. The normalized spacial score (nSPS) is 17.2. The third-order valence-corrected chi connectivity index (χ3v) is 5.07. The predicted molar refractivity (Wildman–Crippen MR) is 94.0 cm³/mol. The maximum atomic E-state index is 13.1. The van der Waals surface area contributed by atoms with Crippen molar-refractivity contribution < 1.29 is 13.6 Å². The van der Waals surface area contributed by atoms with Crippen molar-refractivity contribution in [2.45, 2.75) is 31.5 Å². The van der Waals surface area contributed by atoms with Crippen molar-refractivity contribution in [3.63, 3.8) is 0 Å². The summed E-state index contributed by atoms with van der Waals surface area (Å²) in [5, 5.41) is 3.03. The number of furan rings is 2. The Morgan fingerprint density at radius 2 is 1.88 bits per heavy atom. The highest BCUT2D eigenvalue weighted by Crippen LogP contribution is 2.31. The molecule has 1 N–H and O–H groups in total. The molecule has 7 nitrogen and oxygen atoms in total. The Hall–Kier alpha value is -2.80. The lowest BCUT2D eigenvalue weighted by Gasteiger charge is -2.41. The summed E-state index contributed by atoms with van der Waals surface area (Å²) in [4.78, 5) is 19.6. The highest BCUT2D eigenvalue weighted by molar-refractivity contribution is 5.84. The molecule has 0 aromatic carbocycles. The van der Waals surface area contributed by atoms with Gasteiger partial charge in [0, 0.05) is 25.5 Å². The van der Waals surface area contributed by atoms with E-state index in [0.29, 0.717) is 19.4 Å². The van der Waals surface area contributed by atoms with Gasteiger partial charge in [0.15, 0.2) is 0 Å². The summed E-state index contributed by atoms with van der Waals surface area (Å²) in [5.41, 5.74) is -0.622. The Bertz CT molecular complexity index is 801. The smallest absolute Gasteiger partial charge is 0.246 e. The first-order chi connectivity index (χ1) is 12.8. The van der Waals surface area contributed by atoms with E-state index in [2.05, 4.69) is 15.2 Å². The third kappa shape index (κ3) is 3.30. The van der Waals surface area contributed by atoms with E-state index in [9.17, 15) is 4.79 Å². The molecule has 0 radical (unpaired) electrons. The second-order valence-electron chi connectivity index (χ2n) is 6.62. The summed E-state index contributed by atoms with van der Waals surface area (Å²) < 4.78 is 12.7. The molecule has 3 aromatic heterocycles. The monoisotopic (exact) mass is 354 g/mol. The summed E-state index contributed by atoms with van der Waals surface area (Å²) in [6, 6.07) is 7.56. The highest BCUT2D eigenvalue weighted by atomic mass is 16.3. The lowest BCUT2D eigenvalue weighted by Crippen LogP contribution is -2.54. The van der Waals surface area contributed by atoms with Crippen LogP contribution in [0.2, 0.25) is 0 Å². The zero-order valence-electron chi connectivity index (χ0n) is 14.5. The molecule has 1 fully saturated rings. The summed E-state index contributed by atoms with van der Waals surface area (Å²) >= 11 is 0. The van der Waals surface area contributed by atoms with E-state index in [4.69, 9.17) is 8.83 Å². The van der Waals surface area contributed by atoms with Crippen molar-refractivity contribution in [1.29, 1.82) is 0 Å². The van der Waals surface area contributed by atoms with Gasteiger partial charge < -0.3 is 18.7 Å². The molecule has 1 saturated heterocycles. The average molecular weight is 354 g/mol. The molecule has 0 aliphatic carbocycles. The van der Waals surface area contributed by atoms with Gasteiger partial charge in [-0.05, 0) is 37.1 Å². The molecule has 1 aliphatic heterocycles. The van der Waals surface area contributed by atoms with Crippen molar-refractivity contribution in [2.75, 3.05) is 13.1 Å². The first-order valence-corrected chi connectivity index (χ1v) is 8.80. The molecule has 1 amide bonds. The van der Waals surface area contributed by atoms with Crippen LogP contribution >= 0.6 is 0 Å². The lowest BCUT2D eigenvalue weighted by molar-refractivity contribution is -0.133. The molecule has 3 aromatic rings. The molecular formula is C19H22N4O3. The number of rotatable bonds is 6. The number of aromatic nitrogens is 2. The fraction of sp³-hybridized carbons (Fsp3) is 0.368. The SMILES string of the molecule is O=C(NCc1ccco1)C1(n2ccnc2)CCN(Cc2ccco2)CC1.